The molecule has 1 aromatic rings. The van der Waals surface area contributed by atoms with Gasteiger partial charge in [0.1, 0.15) is 5.82 Å². The number of guanidine groups is 1. The first-order chi connectivity index (χ1) is 9.15. The minimum atomic E-state index is -0.178. The molecule has 0 unspecified atom stereocenters. The number of nitrogens with zero attached hydrogens (tertiary/aromatic N) is 2. The molecule has 2 N–H and O–H groups in total. The van der Waals surface area contributed by atoms with Crippen LogP contribution < -0.4 is 15.5 Å². The molecule has 4 nitrogen and oxygen atoms in total. The zero-order chi connectivity index (χ0) is 14.3. The maximum Gasteiger partial charge on any atom is 0.190 e. The second-order valence-corrected chi connectivity index (χ2v) is 4.13. The molecular formula is C14H24FIN4. The van der Waals surface area contributed by atoms with Gasteiger partial charge in [-0.05, 0) is 31.5 Å². The van der Waals surface area contributed by atoms with Gasteiger partial charge < -0.3 is 15.5 Å². The molecule has 0 aliphatic carbocycles. The van der Waals surface area contributed by atoms with E-state index in [1.54, 1.807) is 20.2 Å². The standard InChI is InChI=1S/C14H23FN4.HI/c1-5-19(6-2)13-8-7-11(9-12(13)15)10-18-14(16-3)17-4;/h7-9H,5-6,10H2,1-4H3,(H2,16,17,18);1H. The third kappa shape index (κ3) is 5.15. The van der Waals surface area contributed by atoms with E-state index < -0.39 is 0 Å². The van der Waals surface area contributed by atoms with Crippen LogP contribution in [0.25, 0.3) is 0 Å². The van der Waals surface area contributed by atoms with Crippen molar-refractivity contribution < 1.29 is 4.39 Å². The molecule has 114 valence electrons. The van der Waals surface area contributed by atoms with Crippen molar-refractivity contribution in [3.8, 4) is 0 Å². The monoisotopic (exact) mass is 394 g/mol. The fourth-order valence-electron chi connectivity index (χ4n) is 1.95. The smallest absolute Gasteiger partial charge is 0.190 e. The molecule has 0 heterocycles. The molecule has 0 aliphatic rings. The van der Waals surface area contributed by atoms with Crippen molar-refractivity contribution in [1.82, 2.24) is 10.6 Å². The van der Waals surface area contributed by atoms with E-state index in [1.165, 1.54) is 0 Å². The molecule has 1 aromatic carbocycles. The molecule has 0 fully saturated rings. The Balaban J connectivity index is 0.00000361. The van der Waals surface area contributed by atoms with Gasteiger partial charge in [-0.1, -0.05) is 6.07 Å². The van der Waals surface area contributed by atoms with Gasteiger partial charge in [0.2, 0.25) is 0 Å². The Hall–Kier alpha value is -1.05. The summed E-state index contributed by atoms with van der Waals surface area (Å²) in [6.07, 6.45) is 0. The predicted molar refractivity (Wildman–Crippen MR) is 94.6 cm³/mol. The van der Waals surface area contributed by atoms with Crippen molar-refractivity contribution in [2.45, 2.75) is 20.4 Å². The summed E-state index contributed by atoms with van der Waals surface area (Å²) in [6.45, 7) is 6.20. The highest BCUT2D eigenvalue weighted by Gasteiger charge is 2.09. The molecular weight excluding hydrogens is 370 g/mol. The van der Waals surface area contributed by atoms with Crippen molar-refractivity contribution in [3.63, 3.8) is 0 Å². The maximum absolute atomic E-state index is 14.0. The number of nitrogens with one attached hydrogen (secondary N) is 2. The fourth-order valence-corrected chi connectivity index (χ4v) is 1.95. The Bertz CT molecular complexity index is 433. The van der Waals surface area contributed by atoms with Gasteiger partial charge in [-0.2, -0.15) is 0 Å². The quantitative estimate of drug-likeness (QED) is 0.458. The normalized spacial score (nSPS) is 10.8. The van der Waals surface area contributed by atoms with E-state index >= 15 is 0 Å². The van der Waals surface area contributed by atoms with Crippen molar-refractivity contribution in [1.29, 1.82) is 0 Å². The van der Waals surface area contributed by atoms with E-state index in [-0.39, 0.29) is 29.8 Å². The Morgan fingerprint density at radius 1 is 1.30 bits per heavy atom. The zero-order valence-corrected chi connectivity index (χ0v) is 14.9. The van der Waals surface area contributed by atoms with Gasteiger partial charge in [0.25, 0.3) is 0 Å². The fraction of sp³-hybridized carbons (Fsp3) is 0.500. The average Bonchev–Trinajstić information content (AvgIpc) is 2.43. The Kier molecular flexibility index (Phi) is 9.28. The lowest BCUT2D eigenvalue weighted by molar-refractivity contribution is 0.617. The Labute approximate surface area is 137 Å². The molecule has 0 bridgehead atoms. The first-order valence-corrected chi connectivity index (χ1v) is 6.58. The van der Waals surface area contributed by atoms with Crippen LogP contribution in [0.1, 0.15) is 19.4 Å². The second kappa shape index (κ2) is 9.79. The van der Waals surface area contributed by atoms with Crippen LogP contribution in [0.4, 0.5) is 10.1 Å². The summed E-state index contributed by atoms with van der Waals surface area (Å²) in [5, 5.41) is 6.02. The summed E-state index contributed by atoms with van der Waals surface area (Å²) >= 11 is 0. The second-order valence-electron chi connectivity index (χ2n) is 4.13. The Morgan fingerprint density at radius 2 is 1.95 bits per heavy atom. The summed E-state index contributed by atoms with van der Waals surface area (Å²) < 4.78 is 14.0. The topological polar surface area (TPSA) is 39.7 Å². The van der Waals surface area contributed by atoms with E-state index in [2.05, 4.69) is 15.6 Å². The van der Waals surface area contributed by atoms with Crippen LogP contribution in [0.15, 0.2) is 23.2 Å². The lowest BCUT2D eigenvalue weighted by Crippen LogP contribution is -2.34. The number of anilines is 1. The first kappa shape index (κ1) is 18.9. The molecule has 0 aromatic heterocycles. The lowest BCUT2D eigenvalue weighted by atomic mass is 10.2. The van der Waals surface area contributed by atoms with Crippen molar-refractivity contribution >= 4 is 35.6 Å². The van der Waals surface area contributed by atoms with Gasteiger partial charge in [0, 0.05) is 33.7 Å². The van der Waals surface area contributed by atoms with Crippen LogP contribution in [0.5, 0.6) is 0 Å². The minimum Gasteiger partial charge on any atom is -0.370 e. The molecule has 20 heavy (non-hydrogen) atoms. The molecule has 0 saturated heterocycles. The van der Waals surface area contributed by atoms with Crippen molar-refractivity contribution in [2.75, 3.05) is 32.1 Å². The van der Waals surface area contributed by atoms with Crippen LogP contribution in [0.3, 0.4) is 0 Å². The van der Waals surface area contributed by atoms with Crippen LogP contribution in [0, 0.1) is 5.82 Å². The number of hydrogen-bond donors (Lipinski definition) is 2. The molecule has 0 saturated carbocycles. The molecule has 0 spiro atoms. The van der Waals surface area contributed by atoms with Gasteiger partial charge in [-0.3, -0.25) is 4.99 Å². The van der Waals surface area contributed by atoms with Crippen LogP contribution in [-0.2, 0) is 6.54 Å². The SMILES string of the molecule is CCN(CC)c1ccc(CNC(=NC)NC)cc1F.I. The summed E-state index contributed by atoms with van der Waals surface area (Å²) in [7, 11) is 3.49. The predicted octanol–water partition coefficient (Wildman–Crippen LogP) is 2.58. The van der Waals surface area contributed by atoms with Gasteiger partial charge >= 0.3 is 0 Å². The summed E-state index contributed by atoms with van der Waals surface area (Å²) in [5.74, 6) is 0.510. The average molecular weight is 394 g/mol. The van der Waals surface area contributed by atoms with Crippen molar-refractivity contribution in [3.05, 3.63) is 29.6 Å². The van der Waals surface area contributed by atoms with Crippen LogP contribution >= 0.6 is 24.0 Å². The molecule has 0 atom stereocenters. The van der Waals surface area contributed by atoms with Gasteiger partial charge in [-0.15, -0.1) is 24.0 Å². The number of aliphatic imine (C=N–C) groups is 1. The maximum atomic E-state index is 14.0. The van der Waals surface area contributed by atoms with Crippen molar-refractivity contribution in [2.24, 2.45) is 4.99 Å². The number of hydrogen-bond acceptors (Lipinski definition) is 2. The molecule has 6 heteroatoms. The van der Waals surface area contributed by atoms with E-state index in [0.29, 0.717) is 18.2 Å². The largest absolute Gasteiger partial charge is 0.370 e. The first-order valence-electron chi connectivity index (χ1n) is 6.58. The minimum absolute atomic E-state index is 0. The van der Waals surface area contributed by atoms with Gasteiger partial charge in [0.15, 0.2) is 5.96 Å². The molecule has 1 rings (SSSR count). The van der Waals surface area contributed by atoms with Gasteiger partial charge in [-0.25, -0.2) is 4.39 Å². The van der Waals surface area contributed by atoms with E-state index in [0.717, 1.165) is 18.7 Å². The Morgan fingerprint density at radius 3 is 2.40 bits per heavy atom. The molecule has 0 aliphatic heterocycles. The highest BCUT2D eigenvalue weighted by molar-refractivity contribution is 14.0. The summed E-state index contributed by atoms with van der Waals surface area (Å²) in [6, 6.07) is 5.34. The van der Waals surface area contributed by atoms with E-state index in [9.17, 15) is 4.39 Å². The molecule has 0 amide bonds. The summed E-state index contributed by atoms with van der Waals surface area (Å²) in [5.41, 5.74) is 1.55. The third-order valence-electron chi connectivity index (χ3n) is 3.04. The number of benzene rings is 1. The number of halogens is 2. The zero-order valence-electron chi connectivity index (χ0n) is 12.5. The number of rotatable bonds is 5. The van der Waals surface area contributed by atoms with Crippen LogP contribution in [-0.4, -0.2) is 33.1 Å². The van der Waals surface area contributed by atoms with Gasteiger partial charge in [0.05, 0.1) is 5.69 Å². The third-order valence-corrected chi connectivity index (χ3v) is 3.04. The highest BCUT2D eigenvalue weighted by Crippen LogP contribution is 2.20. The molecule has 0 radical (unpaired) electrons. The van der Waals surface area contributed by atoms with Crippen LogP contribution in [0.2, 0.25) is 0 Å². The van der Waals surface area contributed by atoms with E-state index in [4.69, 9.17) is 0 Å². The van der Waals surface area contributed by atoms with E-state index in [1.807, 2.05) is 30.9 Å². The highest BCUT2D eigenvalue weighted by atomic mass is 127. The summed E-state index contributed by atoms with van der Waals surface area (Å²) in [4.78, 5) is 6.01. The lowest BCUT2D eigenvalue weighted by Gasteiger charge is -2.22.